The van der Waals surface area contributed by atoms with Crippen LogP contribution in [-0.4, -0.2) is 35.9 Å². The zero-order chi connectivity index (χ0) is 22.1. The Morgan fingerprint density at radius 2 is 1.25 bits per heavy atom. The van der Waals surface area contributed by atoms with Crippen molar-refractivity contribution in [3.63, 3.8) is 0 Å². The van der Waals surface area contributed by atoms with Crippen LogP contribution in [-0.2, 0) is 0 Å². The van der Waals surface area contributed by atoms with Gasteiger partial charge in [-0.25, -0.2) is 14.8 Å². The number of hydrogen-bond donors (Lipinski definition) is 1. The lowest BCUT2D eigenvalue weighted by atomic mass is 10.0. The molecule has 0 aliphatic rings. The van der Waals surface area contributed by atoms with E-state index in [1.807, 2.05) is 0 Å². The Morgan fingerprint density at radius 3 is 1.72 bits per heavy atom. The molecule has 0 saturated heterocycles. The average Bonchev–Trinajstić information content (AvgIpc) is 3.60. The summed E-state index contributed by atoms with van der Waals surface area (Å²) >= 11 is 0. The molecule has 0 unspecified atom stereocenters. The van der Waals surface area contributed by atoms with Crippen LogP contribution < -0.4 is 5.76 Å². The van der Waals surface area contributed by atoms with Crippen molar-refractivity contribution in [3.05, 3.63) is 108 Å². The van der Waals surface area contributed by atoms with Gasteiger partial charge < -0.3 is 4.42 Å². The van der Waals surface area contributed by atoms with Crippen molar-refractivity contribution < 1.29 is 14.0 Å². The second kappa shape index (κ2) is 7.80. The van der Waals surface area contributed by atoms with E-state index in [9.17, 15) is 14.4 Å². The Balaban J connectivity index is 1.45. The van der Waals surface area contributed by atoms with E-state index in [1.54, 1.807) is 60.9 Å². The van der Waals surface area contributed by atoms with Gasteiger partial charge in [0.25, 0.3) is 11.8 Å². The van der Waals surface area contributed by atoms with Gasteiger partial charge in [0.05, 0.1) is 5.69 Å². The number of nitrogens with one attached hydrogen (secondary N) is 1. The summed E-state index contributed by atoms with van der Waals surface area (Å²) in [5.74, 6) is -0.700. The van der Waals surface area contributed by atoms with Gasteiger partial charge in [-0.3, -0.25) is 23.7 Å². The maximum Gasteiger partial charge on any atom is 0.417 e. The number of nitrogens with zero attached hydrogens (tertiary/aromatic N) is 4. The Bertz CT molecular complexity index is 1330. The zero-order valence-corrected chi connectivity index (χ0v) is 16.5. The van der Waals surface area contributed by atoms with Crippen molar-refractivity contribution >= 4 is 11.8 Å². The summed E-state index contributed by atoms with van der Waals surface area (Å²) in [5.41, 5.74) is 2.71. The van der Waals surface area contributed by atoms with E-state index in [0.717, 1.165) is 0 Å². The molecule has 3 aromatic heterocycles. The van der Waals surface area contributed by atoms with Gasteiger partial charge in [-0.05, 0) is 24.3 Å². The number of carbonyl (C=O) groups is 2. The first-order chi connectivity index (χ1) is 15.6. The fourth-order valence-electron chi connectivity index (χ4n) is 3.33. The third kappa shape index (κ3) is 3.47. The summed E-state index contributed by atoms with van der Waals surface area (Å²) in [7, 11) is 0. The molecule has 0 aliphatic carbocycles. The monoisotopic (exact) mass is 425 g/mol. The number of aromatic nitrogens is 5. The van der Waals surface area contributed by atoms with Gasteiger partial charge in [0.15, 0.2) is 5.76 Å². The van der Waals surface area contributed by atoms with Crippen LogP contribution in [0.25, 0.3) is 22.6 Å². The first-order valence-corrected chi connectivity index (χ1v) is 9.59. The lowest BCUT2D eigenvalue weighted by Crippen LogP contribution is -2.09. The summed E-state index contributed by atoms with van der Waals surface area (Å²) in [5, 5.41) is 0. The maximum atomic E-state index is 12.4. The minimum Gasteiger partial charge on any atom is -0.407 e. The molecule has 0 aliphatic heterocycles. The highest BCUT2D eigenvalue weighted by molar-refractivity contribution is 5.97. The molecule has 9 heteroatoms. The molecular weight excluding hydrogens is 410 g/mol. The molecule has 5 rings (SSSR count). The maximum absolute atomic E-state index is 12.4. The Morgan fingerprint density at radius 1 is 0.750 bits per heavy atom. The number of imidazole rings is 2. The van der Waals surface area contributed by atoms with Gasteiger partial charge in [0.1, 0.15) is 12.7 Å². The lowest BCUT2D eigenvalue weighted by molar-refractivity contribution is 0.0951. The van der Waals surface area contributed by atoms with E-state index in [-0.39, 0.29) is 11.8 Å². The van der Waals surface area contributed by atoms with Crippen LogP contribution in [0.1, 0.15) is 20.7 Å². The zero-order valence-electron chi connectivity index (χ0n) is 16.5. The standard InChI is InChI=1S/C23H15N5O4/c29-21(27-11-9-24-13-27)17-5-1-15(2-6-17)19-20(32-23(31)26-19)16-3-7-18(8-4-16)22(30)28-12-10-25-14-28/h1-14H,(H,26,31). The molecule has 5 aromatic rings. The van der Waals surface area contributed by atoms with Crippen molar-refractivity contribution in [2.75, 3.05) is 0 Å². The van der Waals surface area contributed by atoms with Crippen LogP contribution in [0.2, 0.25) is 0 Å². The number of aromatic amines is 1. The third-order valence-corrected chi connectivity index (χ3v) is 4.94. The van der Waals surface area contributed by atoms with Crippen LogP contribution in [0.15, 0.2) is 95.2 Å². The molecule has 3 heterocycles. The van der Waals surface area contributed by atoms with E-state index in [0.29, 0.717) is 33.7 Å². The molecule has 0 atom stereocenters. The predicted molar refractivity (Wildman–Crippen MR) is 114 cm³/mol. The average molecular weight is 425 g/mol. The number of carbonyl (C=O) groups excluding carboxylic acids is 2. The van der Waals surface area contributed by atoms with Crippen molar-refractivity contribution in [1.82, 2.24) is 24.1 Å². The Labute approximate surface area is 180 Å². The third-order valence-electron chi connectivity index (χ3n) is 4.94. The predicted octanol–water partition coefficient (Wildman–Crippen LogP) is 3.07. The van der Waals surface area contributed by atoms with Gasteiger partial charge in [-0.15, -0.1) is 0 Å². The fourth-order valence-corrected chi connectivity index (χ4v) is 3.33. The van der Waals surface area contributed by atoms with Gasteiger partial charge in [0.2, 0.25) is 0 Å². The number of benzene rings is 2. The molecule has 0 radical (unpaired) electrons. The van der Waals surface area contributed by atoms with Crippen LogP contribution in [0.4, 0.5) is 0 Å². The second-order valence-electron chi connectivity index (χ2n) is 6.92. The Hall–Kier alpha value is -4.79. The Kier molecular flexibility index (Phi) is 4.68. The molecule has 1 N–H and O–H groups in total. The van der Waals surface area contributed by atoms with Gasteiger partial charge >= 0.3 is 5.76 Å². The minimum absolute atomic E-state index is 0.215. The SMILES string of the molecule is O=C(c1ccc(-c2[nH]c(=O)oc2-c2ccc(C(=O)n3ccnc3)cc2)cc1)n1ccnc1. The van der Waals surface area contributed by atoms with Gasteiger partial charge in [-0.1, -0.05) is 24.3 Å². The smallest absolute Gasteiger partial charge is 0.407 e. The number of rotatable bonds is 4. The largest absolute Gasteiger partial charge is 0.417 e. The molecule has 0 spiro atoms. The van der Waals surface area contributed by atoms with Gasteiger partial charge in [0, 0.05) is 47.0 Å². The molecule has 0 saturated carbocycles. The fraction of sp³-hybridized carbons (Fsp3) is 0. The van der Waals surface area contributed by atoms with Gasteiger partial charge in [-0.2, -0.15) is 0 Å². The minimum atomic E-state index is -0.605. The van der Waals surface area contributed by atoms with E-state index in [1.165, 1.54) is 34.2 Å². The highest BCUT2D eigenvalue weighted by Gasteiger charge is 2.16. The first kappa shape index (κ1) is 19.2. The lowest BCUT2D eigenvalue weighted by Gasteiger charge is -2.06. The molecule has 0 amide bonds. The molecule has 0 fully saturated rings. The molecule has 9 nitrogen and oxygen atoms in total. The quantitative estimate of drug-likeness (QED) is 0.473. The van der Waals surface area contributed by atoms with E-state index in [2.05, 4.69) is 15.0 Å². The number of hydrogen-bond acceptors (Lipinski definition) is 6. The van der Waals surface area contributed by atoms with E-state index < -0.39 is 5.76 Å². The summed E-state index contributed by atoms with van der Waals surface area (Å²) < 4.78 is 8.13. The van der Waals surface area contributed by atoms with Crippen LogP contribution in [0, 0.1) is 0 Å². The molecule has 0 bridgehead atoms. The van der Waals surface area contributed by atoms with Crippen LogP contribution in [0.5, 0.6) is 0 Å². The summed E-state index contributed by atoms with van der Waals surface area (Å²) in [6.07, 6.45) is 9.07. The highest BCUT2D eigenvalue weighted by Crippen LogP contribution is 2.30. The van der Waals surface area contributed by atoms with E-state index >= 15 is 0 Å². The van der Waals surface area contributed by atoms with Crippen LogP contribution in [0.3, 0.4) is 0 Å². The first-order valence-electron chi connectivity index (χ1n) is 9.59. The molecule has 156 valence electrons. The normalized spacial score (nSPS) is 10.9. The second-order valence-corrected chi connectivity index (χ2v) is 6.92. The highest BCUT2D eigenvalue weighted by atomic mass is 16.4. The molecule has 32 heavy (non-hydrogen) atoms. The summed E-state index contributed by atoms with van der Waals surface area (Å²) in [6, 6.07) is 13.5. The van der Waals surface area contributed by atoms with Crippen LogP contribution >= 0.6 is 0 Å². The topological polar surface area (TPSA) is 116 Å². The molecule has 2 aromatic carbocycles. The van der Waals surface area contributed by atoms with Crippen molar-refractivity contribution in [2.24, 2.45) is 0 Å². The summed E-state index contributed by atoms with van der Waals surface area (Å²) in [4.78, 5) is 47.3. The van der Waals surface area contributed by atoms with E-state index in [4.69, 9.17) is 4.42 Å². The van der Waals surface area contributed by atoms with Crippen molar-refractivity contribution in [2.45, 2.75) is 0 Å². The summed E-state index contributed by atoms with van der Waals surface area (Å²) in [6.45, 7) is 0. The van der Waals surface area contributed by atoms with Crippen molar-refractivity contribution in [1.29, 1.82) is 0 Å². The van der Waals surface area contributed by atoms with Crippen molar-refractivity contribution in [3.8, 4) is 22.6 Å². The number of oxazole rings is 1. The number of H-pyrrole nitrogens is 1. The molecular formula is C23H15N5O4.